The Hall–Kier alpha value is -3.33. The molecule has 0 aliphatic carbocycles. The number of pyridine rings is 2. The predicted octanol–water partition coefficient (Wildman–Crippen LogP) is 7.29. The average molecular weight is 386 g/mol. The maximum absolute atomic E-state index is 4.72. The molecule has 29 heavy (non-hydrogen) atoms. The van der Waals surface area contributed by atoms with Crippen LogP contribution in [0.2, 0.25) is 0 Å². The number of aromatic nitrogens is 2. The van der Waals surface area contributed by atoms with Crippen molar-refractivity contribution >= 4 is 5.71 Å². The van der Waals surface area contributed by atoms with E-state index >= 15 is 0 Å². The van der Waals surface area contributed by atoms with E-state index in [2.05, 4.69) is 54.3 Å². The third-order valence-electron chi connectivity index (χ3n) is 3.82. The van der Waals surface area contributed by atoms with Gasteiger partial charge in [-0.25, -0.2) is 4.98 Å². The highest BCUT2D eigenvalue weighted by Crippen LogP contribution is 2.26. The van der Waals surface area contributed by atoms with Crippen molar-refractivity contribution in [3.05, 3.63) is 97.5 Å². The van der Waals surface area contributed by atoms with Crippen LogP contribution in [0.3, 0.4) is 0 Å². The second-order valence-electron chi connectivity index (χ2n) is 5.61. The van der Waals surface area contributed by atoms with Gasteiger partial charge in [0.05, 0.1) is 22.8 Å². The molecule has 3 rings (SSSR count). The van der Waals surface area contributed by atoms with E-state index in [4.69, 9.17) is 4.98 Å². The summed E-state index contributed by atoms with van der Waals surface area (Å²) in [6, 6.07) is 18.3. The molecule has 0 spiro atoms. The van der Waals surface area contributed by atoms with E-state index in [1.54, 1.807) is 12.3 Å². The standard InChI is InChI=1S/C22H19N3.2C2H6/c1-4-19(23-5-2)21-14-18(17-11-9-16(3)10-12-17)15-22(25-21)20-8-6-7-13-24-20;2*1-2/h4-15H,1-2H2,3H3;2*1-2H3. The molecular weight excluding hydrogens is 354 g/mol. The molecule has 0 unspecified atom stereocenters. The smallest absolute Gasteiger partial charge is 0.0900 e. The zero-order chi connectivity index (χ0) is 21.6. The number of nitrogens with zero attached hydrogens (tertiary/aromatic N) is 3. The summed E-state index contributed by atoms with van der Waals surface area (Å²) in [6.07, 6.45) is 4.95. The number of aliphatic imine (C=N–C) groups is 1. The predicted molar refractivity (Wildman–Crippen MR) is 127 cm³/mol. The van der Waals surface area contributed by atoms with Crippen molar-refractivity contribution in [3.8, 4) is 22.5 Å². The highest BCUT2D eigenvalue weighted by Gasteiger charge is 2.10. The quantitative estimate of drug-likeness (QED) is 0.432. The van der Waals surface area contributed by atoms with Gasteiger partial charge in [0, 0.05) is 12.4 Å². The van der Waals surface area contributed by atoms with E-state index in [1.807, 2.05) is 58.0 Å². The van der Waals surface area contributed by atoms with Crippen LogP contribution in [0.4, 0.5) is 0 Å². The van der Waals surface area contributed by atoms with Gasteiger partial charge in [0.25, 0.3) is 0 Å². The molecule has 0 saturated carbocycles. The molecule has 0 fully saturated rings. The fraction of sp³-hybridized carbons (Fsp3) is 0.192. The van der Waals surface area contributed by atoms with E-state index in [0.717, 1.165) is 28.2 Å². The lowest BCUT2D eigenvalue weighted by Crippen LogP contribution is -2.02. The third kappa shape index (κ3) is 6.65. The summed E-state index contributed by atoms with van der Waals surface area (Å²) < 4.78 is 0. The van der Waals surface area contributed by atoms with Gasteiger partial charge < -0.3 is 0 Å². The normalized spacial score (nSPS) is 10.0. The molecule has 0 N–H and O–H groups in total. The highest BCUT2D eigenvalue weighted by atomic mass is 14.8. The Morgan fingerprint density at radius 1 is 0.862 bits per heavy atom. The Bertz CT molecular complexity index is 924. The minimum Gasteiger partial charge on any atom is -0.255 e. The number of allylic oxidation sites excluding steroid dienone is 1. The van der Waals surface area contributed by atoms with Crippen molar-refractivity contribution < 1.29 is 0 Å². The van der Waals surface area contributed by atoms with Gasteiger partial charge in [-0.3, -0.25) is 9.98 Å². The van der Waals surface area contributed by atoms with Crippen LogP contribution in [-0.4, -0.2) is 15.7 Å². The van der Waals surface area contributed by atoms with Crippen molar-refractivity contribution in [3.63, 3.8) is 0 Å². The minimum atomic E-state index is 0.682. The molecule has 3 nitrogen and oxygen atoms in total. The first-order chi connectivity index (χ1) is 14.2. The number of hydrogen-bond donors (Lipinski definition) is 0. The van der Waals surface area contributed by atoms with Crippen LogP contribution in [0.25, 0.3) is 22.5 Å². The molecule has 0 radical (unpaired) electrons. The van der Waals surface area contributed by atoms with E-state index in [0.29, 0.717) is 5.71 Å². The molecule has 0 saturated heterocycles. The average Bonchev–Trinajstić information content (AvgIpc) is 2.81. The topological polar surface area (TPSA) is 38.1 Å². The Kier molecular flexibility index (Phi) is 10.6. The van der Waals surface area contributed by atoms with E-state index in [9.17, 15) is 0 Å². The Morgan fingerprint density at radius 3 is 2.10 bits per heavy atom. The van der Waals surface area contributed by atoms with Crippen molar-refractivity contribution in [1.82, 2.24) is 9.97 Å². The van der Waals surface area contributed by atoms with Crippen molar-refractivity contribution in [2.24, 2.45) is 4.99 Å². The minimum absolute atomic E-state index is 0.682. The number of hydrogen-bond acceptors (Lipinski definition) is 3. The molecule has 0 aliphatic rings. The molecule has 3 heteroatoms. The van der Waals surface area contributed by atoms with Gasteiger partial charge >= 0.3 is 0 Å². The van der Waals surface area contributed by atoms with Crippen LogP contribution in [0.1, 0.15) is 39.0 Å². The number of aryl methyl sites for hydroxylation is 1. The largest absolute Gasteiger partial charge is 0.255 e. The van der Waals surface area contributed by atoms with E-state index in [1.165, 1.54) is 11.8 Å². The lowest BCUT2D eigenvalue weighted by Gasteiger charge is -2.09. The summed E-state index contributed by atoms with van der Waals surface area (Å²) in [5, 5.41) is 0. The second-order valence-corrected chi connectivity index (χ2v) is 5.61. The van der Waals surface area contributed by atoms with Crippen molar-refractivity contribution in [1.29, 1.82) is 0 Å². The van der Waals surface area contributed by atoms with Crippen LogP contribution in [0.15, 0.2) is 91.2 Å². The fourth-order valence-electron chi connectivity index (χ4n) is 2.54. The monoisotopic (exact) mass is 385 g/mol. The van der Waals surface area contributed by atoms with Crippen LogP contribution >= 0.6 is 0 Å². The Labute approximate surface area is 175 Å². The van der Waals surface area contributed by atoms with Crippen LogP contribution < -0.4 is 0 Å². The van der Waals surface area contributed by atoms with E-state index < -0.39 is 0 Å². The molecule has 3 aromatic rings. The molecule has 1 aromatic carbocycles. The summed E-state index contributed by atoms with van der Waals surface area (Å²) in [5.41, 5.74) is 6.45. The van der Waals surface area contributed by atoms with Crippen LogP contribution in [0, 0.1) is 6.92 Å². The SMILES string of the molecule is C=CN=C(C=C)c1cc(-c2ccc(C)cc2)cc(-c2ccccn2)n1.CC.CC. The molecule has 2 heterocycles. The van der Waals surface area contributed by atoms with Gasteiger partial charge in [0.1, 0.15) is 0 Å². The number of benzene rings is 1. The summed E-state index contributed by atoms with van der Waals surface area (Å²) in [4.78, 5) is 13.4. The first-order valence-corrected chi connectivity index (χ1v) is 10.0. The molecule has 150 valence electrons. The maximum Gasteiger partial charge on any atom is 0.0900 e. The zero-order valence-corrected chi connectivity index (χ0v) is 18.2. The second kappa shape index (κ2) is 12.9. The third-order valence-corrected chi connectivity index (χ3v) is 3.82. The lowest BCUT2D eigenvalue weighted by atomic mass is 10.0. The molecule has 0 aliphatic heterocycles. The molecule has 0 amide bonds. The Morgan fingerprint density at radius 2 is 1.55 bits per heavy atom. The fourth-order valence-corrected chi connectivity index (χ4v) is 2.54. The van der Waals surface area contributed by atoms with Gasteiger partial charge in [-0.05, 0) is 48.4 Å². The summed E-state index contributed by atoms with van der Waals surface area (Å²) in [7, 11) is 0. The number of rotatable bonds is 5. The van der Waals surface area contributed by atoms with Gasteiger partial charge in [0.15, 0.2) is 0 Å². The first-order valence-electron chi connectivity index (χ1n) is 10.0. The summed E-state index contributed by atoms with van der Waals surface area (Å²) in [6.45, 7) is 17.6. The summed E-state index contributed by atoms with van der Waals surface area (Å²) >= 11 is 0. The Balaban J connectivity index is 0.000000989. The highest BCUT2D eigenvalue weighted by molar-refractivity contribution is 6.08. The molecule has 2 aromatic heterocycles. The van der Waals surface area contributed by atoms with Gasteiger partial charge in [0.2, 0.25) is 0 Å². The molecular formula is C26H31N3. The van der Waals surface area contributed by atoms with E-state index in [-0.39, 0.29) is 0 Å². The van der Waals surface area contributed by atoms with Crippen LogP contribution in [-0.2, 0) is 0 Å². The van der Waals surface area contributed by atoms with Crippen LogP contribution in [0.5, 0.6) is 0 Å². The maximum atomic E-state index is 4.72. The van der Waals surface area contributed by atoms with Gasteiger partial charge in [-0.15, -0.1) is 0 Å². The molecule has 0 bridgehead atoms. The lowest BCUT2D eigenvalue weighted by molar-refractivity contribution is 1.23. The zero-order valence-electron chi connectivity index (χ0n) is 18.2. The van der Waals surface area contributed by atoms with Crippen molar-refractivity contribution in [2.45, 2.75) is 34.6 Å². The molecule has 0 atom stereocenters. The van der Waals surface area contributed by atoms with Gasteiger partial charge in [-0.2, -0.15) is 0 Å². The summed E-state index contributed by atoms with van der Waals surface area (Å²) in [5.74, 6) is 0. The van der Waals surface area contributed by atoms with Crippen molar-refractivity contribution in [2.75, 3.05) is 0 Å². The van der Waals surface area contributed by atoms with Gasteiger partial charge in [-0.1, -0.05) is 76.7 Å². The first kappa shape index (κ1) is 23.7.